The molecule has 1 fully saturated rings. The van der Waals surface area contributed by atoms with Crippen molar-refractivity contribution < 1.29 is 18.3 Å². The molecule has 1 heterocycles. The summed E-state index contributed by atoms with van der Waals surface area (Å²) in [7, 11) is -3.01. The van der Waals surface area contributed by atoms with Gasteiger partial charge in [0.15, 0.2) is 9.84 Å². The fraction of sp³-hybridized carbons (Fsp3) is 0.727. The molecule has 1 N–H and O–H groups in total. The number of hydrogen-bond acceptors (Lipinski definition) is 3. The lowest BCUT2D eigenvalue weighted by molar-refractivity contribution is -0.143. The topological polar surface area (TPSA) is 71.4 Å². The average molecular weight is 246 g/mol. The molecule has 92 valence electrons. The van der Waals surface area contributed by atoms with E-state index in [0.717, 1.165) is 12.0 Å². The van der Waals surface area contributed by atoms with Crippen LogP contribution >= 0.6 is 0 Å². The van der Waals surface area contributed by atoms with Crippen LogP contribution in [0.1, 0.15) is 26.2 Å². The van der Waals surface area contributed by atoms with E-state index in [1.165, 1.54) is 0 Å². The predicted octanol–water partition coefficient (Wildman–Crippen LogP) is 1.48. The molecule has 0 spiro atoms. The molecule has 1 saturated heterocycles. The highest BCUT2D eigenvalue weighted by molar-refractivity contribution is 7.91. The van der Waals surface area contributed by atoms with Gasteiger partial charge in [0.05, 0.1) is 17.4 Å². The smallest absolute Gasteiger partial charge is 0.307 e. The molecule has 0 aliphatic carbocycles. The number of carboxylic acids is 1. The zero-order valence-electron chi connectivity index (χ0n) is 9.48. The Morgan fingerprint density at radius 3 is 2.56 bits per heavy atom. The normalized spacial score (nSPS) is 25.2. The van der Waals surface area contributed by atoms with E-state index in [1.807, 2.05) is 6.92 Å². The van der Waals surface area contributed by atoms with Crippen molar-refractivity contribution >= 4 is 15.8 Å². The Bertz CT molecular complexity index is 383. The first-order valence-electron chi connectivity index (χ1n) is 5.45. The molecule has 1 aliphatic heterocycles. The molecule has 0 amide bonds. The number of hydrogen-bond donors (Lipinski definition) is 1. The summed E-state index contributed by atoms with van der Waals surface area (Å²) in [6.07, 6.45) is 1.60. The van der Waals surface area contributed by atoms with E-state index in [-0.39, 0.29) is 17.4 Å². The van der Waals surface area contributed by atoms with Gasteiger partial charge in [-0.3, -0.25) is 4.79 Å². The summed E-state index contributed by atoms with van der Waals surface area (Å²) in [6, 6.07) is 0. The van der Waals surface area contributed by atoms with Crippen LogP contribution in [-0.2, 0) is 14.6 Å². The largest absolute Gasteiger partial charge is 0.481 e. The molecule has 4 nitrogen and oxygen atoms in total. The molecule has 0 aromatic carbocycles. The lowest BCUT2D eigenvalue weighted by Crippen LogP contribution is -2.25. The molecule has 5 heteroatoms. The minimum atomic E-state index is -3.01. The van der Waals surface area contributed by atoms with E-state index < -0.39 is 21.7 Å². The van der Waals surface area contributed by atoms with Crippen molar-refractivity contribution in [2.45, 2.75) is 26.2 Å². The SMILES string of the molecule is C=C(CC)CC(C(=O)O)C1CCS(=O)(=O)C1. The van der Waals surface area contributed by atoms with Crippen LogP contribution in [0.15, 0.2) is 12.2 Å². The number of carboxylic acid groups (broad SMARTS) is 1. The lowest BCUT2D eigenvalue weighted by atomic mass is 9.86. The fourth-order valence-corrected chi connectivity index (χ4v) is 3.93. The van der Waals surface area contributed by atoms with Gasteiger partial charge >= 0.3 is 5.97 Å². The summed E-state index contributed by atoms with van der Waals surface area (Å²) < 4.78 is 22.6. The van der Waals surface area contributed by atoms with Crippen molar-refractivity contribution in [3.63, 3.8) is 0 Å². The Labute approximate surface area is 96.3 Å². The summed E-state index contributed by atoms with van der Waals surface area (Å²) in [5.41, 5.74) is 0.872. The quantitative estimate of drug-likeness (QED) is 0.746. The number of aliphatic carboxylic acids is 1. The average Bonchev–Trinajstić information content (AvgIpc) is 2.54. The van der Waals surface area contributed by atoms with Crippen LogP contribution in [0.3, 0.4) is 0 Å². The molecular weight excluding hydrogens is 228 g/mol. The summed E-state index contributed by atoms with van der Waals surface area (Å²) in [4.78, 5) is 11.1. The van der Waals surface area contributed by atoms with E-state index in [4.69, 9.17) is 5.11 Å². The van der Waals surface area contributed by atoms with Gasteiger partial charge in [-0.05, 0) is 25.2 Å². The molecule has 0 aromatic heterocycles. The number of sulfone groups is 1. The minimum absolute atomic E-state index is 0.0148. The van der Waals surface area contributed by atoms with Crippen molar-refractivity contribution in [2.24, 2.45) is 11.8 Å². The van der Waals surface area contributed by atoms with Gasteiger partial charge in [-0.2, -0.15) is 0 Å². The molecule has 1 rings (SSSR count). The Hall–Kier alpha value is -0.840. The first-order chi connectivity index (χ1) is 7.35. The van der Waals surface area contributed by atoms with Crippen LogP contribution in [0.25, 0.3) is 0 Å². The van der Waals surface area contributed by atoms with E-state index in [9.17, 15) is 13.2 Å². The monoisotopic (exact) mass is 246 g/mol. The first-order valence-corrected chi connectivity index (χ1v) is 7.27. The van der Waals surface area contributed by atoms with Gasteiger partial charge in [-0.25, -0.2) is 8.42 Å². The summed E-state index contributed by atoms with van der Waals surface area (Å²) in [5, 5.41) is 9.11. The number of rotatable bonds is 5. The second-order valence-corrected chi connectivity index (χ2v) is 6.64. The van der Waals surface area contributed by atoms with Crippen LogP contribution in [0.5, 0.6) is 0 Å². The van der Waals surface area contributed by atoms with Crippen molar-refractivity contribution in [1.29, 1.82) is 0 Å². The van der Waals surface area contributed by atoms with Crippen molar-refractivity contribution in [3.8, 4) is 0 Å². The highest BCUT2D eigenvalue weighted by atomic mass is 32.2. The molecule has 0 aromatic rings. The zero-order chi connectivity index (χ0) is 12.3. The highest BCUT2D eigenvalue weighted by Crippen LogP contribution is 2.30. The molecule has 1 aliphatic rings. The predicted molar refractivity (Wildman–Crippen MR) is 61.9 cm³/mol. The maximum atomic E-state index is 11.3. The van der Waals surface area contributed by atoms with Gasteiger partial charge in [0.25, 0.3) is 0 Å². The third kappa shape index (κ3) is 3.33. The molecule has 0 bridgehead atoms. The van der Waals surface area contributed by atoms with Gasteiger partial charge in [0.1, 0.15) is 0 Å². The summed E-state index contributed by atoms with van der Waals surface area (Å²) in [6.45, 7) is 5.71. The highest BCUT2D eigenvalue weighted by Gasteiger charge is 2.37. The van der Waals surface area contributed by atoms with Crippen LogP contribution in [-0.4, -0.2) is 31.0 Å². The standard InChI is InChI=1S/C11H18O4S/c1-3-8(2)6-10(11(12)13)9-4-5-16(14,15)7-9/h9-10H,2-7H2,1H3,(H,12,13). The third-order valence-corrected chi connectivity index (χ3v) is 4.96. The molecule has 0 saturated carbocycles. The first kappa shape index (κ1) is 13.2. The van der Waals surface area contributed by atoms with E-state index in [0.29, 0.717) is 12.8 Å². The second-order valence-electron chi connectivity index (χ2n) is 4.42. The minimum Gasteiger partial charge on any atom is -0.481 e. The fourth-order valence-electron chi connectivity index (χ4n) is 2.05. The van der Waals surface area contributed by atoms with E-state index in [1.54, 1.807) is 0 Å². The van der Waals surface area contributed by atoms with Gasteiger partial charge in [0.2, 0.25) is 0 Å². The van der Waals surface area contributed by atoms with E-state index in [2.05, 4.69) is 6.58 Å². The third-order valence-electron chi connectivity index (χ3n) is 3.16. The second kappa shape index (κ2) is 4.99. The van der Waals surface area contributed by atoms with Gasteiger partial charge in [0, 0.05) is 0 Å². The van der Waals surface area contributed by atoms with Crippen LogP contribution in [0.2, 0.25) is 0 Å². The Kier molecular flexibility index (Phi) is 4.13. The van der Waals surface area contributed by atoms with Gasteiger partial charge < -0.3 is 5.11 Å². The number of allylic oxidation sites excluding steroid dienone is 1. The van der Waals surface area contributed by atoms with Crippen molar-refractivity contribution in [3.05, 3.63) is 12.2 Å². The Morgan fingerprint density at radius 1 is 1.56 bits per heavy atom. The summed E-state index contributed by atoms with van der Waals surface area (Å²) in [5.74, 6) is -1.60. The maximum absolute atomic E-state index is 11.3. The van der Waals surface area contributed by atoms with Crippen molar-refractivity contribution in [2.75, 3.05) is 11.5 Å². The van der Waals surface area contributed by atoms with Crippen LogP contribution in [0.4, 0.5) is 0 Å². The van der Waals surface area contributed by atoms with Gasteiger partial charge in [-0.1, -0.05) is 19.1 Å². The summed E-state index contributed by atoms with van der Waals surface area (Å²) >= 11 is 0. The van der Waals surface area contributed by atoms with Gasteiger partial charge in [-0.15, -0.1) is 0 Å². The Balaban J connectivity index is 2.72. The molecule has 16 heavy (non-hydrogen) atoms. The molecule has 2 atom stereocenters. The van der Waals surface area contributed by atoms with Crippen LogP contribution in [0, 0.1) is 11.8 Å². The van der Waals surface area contributed by atoms with Crippen LogP contribution < -0.4 is 0 Å². The van der Waals surface area contributed by atoms with Crippen molar-refractivity contribution in [1.82, 2.24) is 0 Å². The maximum Gasteiger partial charge on any atom is 0.307 e. The lowest BCUT2D eigenvalue weighted by Gasteiger charge is -2.18. The number of carbonyl (C=O) groups is 1. The van der Waals surface area contributed by atoms with E-state index >= 15 is 0 Å². The molecular formula is C11H18O4S. The zero-order valence-corrected chi connectivity index (χ0v) is 10.3. The Morgan fingerprint density at radius 2 is 2.19 bits per heavy atom. The molecule has 0 radical (unpaired) electrons. The molecule has 2 unspecified atom stereocenters.